The molecule has 1 N–H and O–H groups in total. The highest BCUT2D eigenvalue weighted by molar-refractivity contribution is 7.92. The van der Waals surface area contributed by atoms with Crippen LogP contribution in [0.5, 0.6) is 0 Å². The lowest BCUT2D eigenvalue weighted by molar-refractivity contribution is -0.140. The van der Waals surface area contributed by atoms with Gasteiger partial charge in [-0.15, -0.1) is 0 Å². The van der Waals surface area contributed by atoms with E-state index in [1.807, 2.05) is 67.6 Å². The van der Waals surface area contributed by atoms with Crippen LogP contribution in [0.4, 0.5) is 5.69 Å². The highest BCUT2D eigenvalue weighted by Gasteiger charge is 2.35. The molecule has 0 spiro atoms. The minimum absolute atomic E-state index is 0.0383. The number of sulfonamides is 1. The van der Waals surface area contributed by atoms with Gasteiger partial charge in [0.05, 0.1) is 10.6 Å². The Bertz CT molecular complexity index is 1600. The van der Waals surface area contributed by atoms with E-state index in [4.69, 9.17) is 11.6 Å². The minimum Gasteiger partial charge on any atom is -0.355 e. The lowest BCUT2D eigenvalue weighted by Crippen LogP contribution is -2.53. The fourth-order valence-electron chi connectivity index (χ4n) is 4.71. The van der Waals surface area contributed by atoms with Crippen molar-refractivity contribution in [1.82, 2.24) is 10.2 Å². The summed E-state index contributed by atoms with van der Waals surface area (Å²) in [4.78, 5) is 29.4. The van der Waals surface area contributed by atoms with E-state index in [-0.39, 0.29) is 29.5 Å². The van der Waals surface area contributed by atoms with Crippen molar-refractivity contribution >= 4 is 39.1 Å². The van der Waals surface area contributed by atoms with Gasteiger partial charge >= 0.3 is 0 Å². The van der Waals surface area contributed by atoms with Gasteiger partial charge in [-0.2, -0.15) is 0 Å². The number of halogens is 1. The van der Waals surface area contributed by atoms with Crippen molar-refractivity contribution in [2.75, 3.05) is 17.4 Å². The molecule has 9 heteroatoms. The van der Waals surface area contributed by atoms with E-state index in [0.717, 1.165) is 15.4 Å². The normalized spacial score (nSPS) is 11.9. The Labute approximate surface area is 252 Å². The van der Waals surface area contributed by atoms with E-state index >= 15 is 0 Å². The number of anilines is 1. The van der Waals surface area contributed by atoms with E-state index in [2.05, 4.69) is 5.32 Å². The standard InChI is InChI=1S/C33H34ClN3O4S/c1-3-35-33(39)31(21-26-13-7-4-8-14-26)36(23-27-15-9-5-10-16-27)32(38)24-37(30-22-28(34)20-19-25(30)2)42(40,41)29-17-11-6-12-18-29/h4-20,22,31H,3,21,23-24H2,1-2H3,(H,35,39)/t31-/m0/s1. The third-order valence-electron chi connectivity index (χ3n) is 6.87. The van der Waals surface area contributed by atoms with Crippen LogP contribution in [0.1, 0.15) is 23.6 Å². The Hall–Kier alpha value is -4.14. The Morgan fingerprint density at radius 1 is 0.833 bits per heavy atom. The molecule has 0 aliphatic rings. The van der Waals surface area contributed by atoms with Crippen molar-refractivity contribution in [2.24, 2.45) is 0 Å². The van der Waals surface area contributed by atoms with Gasteiger partial charge in [-0.3, -0.25) is 13.9 Å². The largest absolute Gasteiger partial charge is 0.355 e. The first-order valence-electron chi connectivity index (χ1n) is 13.7. The zero-order chi connectivity index (χ0) is 30.1. The summed E-state index contributed by atoms with van der Waals surface area (Å²) >= 11 is 6.31. The summed E-state index contributed by atoms with van der Waals surface area (Å²) in [5.74, 6) is -0.841. The SMILES string of the molecule is CCNC(=O)[C@H](Cc1ccccc1)N(Cc1ccccc1)C(=O)CN(c1cc(Cl)ccc1C)S(=O)(=O)c1ccccc1. The van der Waals surface area contributed by atoms with Crippen molar-refractivity contribution in [2.45, 2.75) is 37.8 Å². The van der Waals surface area contributed by atoms with E-state index in [9.17, 15) is 18.0 Å². The topological polar surface area (TPSA) is 86.8 Å². The maximum atomic E-state index is 14.4. The van der Waals surface area contributed by atoms with Crippen LogP contribution in [0.2, 0.25) is 5.02 Å². The van der Waals surface area contributed by atoms with Crippen molar-refractivity contribution < 1.29 is 18.0 Å². The predicted molar refractivity (Wildman–Crippen MR) is 167 cm³/mol. The first kappa shape index (κ1) is 30.8. The molecule has 4 rings (SSSR count). The molecule has 4 aromatic carbocycles. The highest BCUT2D eigenvalue weighted by atomic mass is 35.5. The number of rotatable bonds is 12. The van der Waals surface area contributed by atoms with Crippen molar-refractivity contribution in [3.63, 3.8) is 0 Å². The van der Waals surface area contributed by atoms with Gasteiger partial charge in [0.2, 0.25) is 11.8 Å². The third kappa shape index (κ3) is 7.57. The fraction of sp³-hybridized carbons (Fsp3) is 0.212. The Kier molecular flexibility index (Phi) is 10.4. The molecule has 0 heterocycles. The summed E-state index contributed by atoms with van der Waals surface area (Å²) in [6.07, 6.45) is 0.257. The first-order chi connectivity index (χ1) is 20.2. The molecular formula is C33H34ClN3O4S. The van der Waals surface area contributed by atoms with Gasteiger partial charge in [-0.05, 0) is 54.8 Å². The van der Waals surface area contributed by atoms with Crippen molar-refractivity contribution in [1.29, 1.82) is 0 Å². The highest BCUT2D eigenvalue weighted by Crippen LogP contribution is 2.30. The van der Waals surface area contributed by atoms with E-state index in [1.54, 1.807) is 37.3 Å². The zero-order valence-electron chi connectivity index (χ0n) is 23.6. The fourth-order valence-corrected chi connectivity index (χ4v) is 6.37. The van der Waals surface area contributed by atoms with Gasteiger partial charge in [-0.1, -0.05) is 96.5 Å². The van der Waals surface area contributed by atoms with Crippen LogP contribution < -0.4 is 9.62 Å². The molecule has 0 radical (unpaired) electrons. The van der Waals surface area contributed by atoms with Gasteiger partial charge in [0.25, 0.3) is 10.0 Å². The molecule has 0 saturated carbocycles. The summed E-state index contributed by atoms with van der Waals surface area (Å²) in [5.41, 5.74) is 2.60. The smallest absolute Gasteiger partial charge is 0.264 e. The number of hydrogen-bond donors (Lipinski definition) is 1. The molecule has 7 nitrogen and oxygen atoms in total. The second-order valence-electron chi connectivity index (χ2n) is 9.86. The van der Waals surface area contributed by atoms with Gasteiger partial charge in [0.15, 0.2) is 0 Å². The van der Waals surface area contributed by atoms with Gasteiger partial charge in [-0.25, -0.2) is 8.42 Å². The molecule has 0 unspecified atom stereocenters. The number of hydrogen-bond acceptors (Lipinski definition) is 4. The summed E-state index contributed by atoms with van der Waals surface area (Å²) in [6, 6.07) is 30.8. The second kappa shape index (κ2) is 14.2. The first-order valence-corrected chi connectivity index (χ1v) is 15.5. The van der Waals surface area contributed by atoms with Gasteiger partial charge < -0.3 is 10.2 Å². The van der Waals surface area contributed by atoms with Crippen LogP contribution >= 0.6 is 11.6 Å². The maximum absolute atomic E-state index is 14.4. The molecule has 4 aromatic rings. The summed E-state index contributed by atoms with van der Waals surface area (Å²) in [7, 11) is -4.18. The number of carbonyl (C=O) groups excluding carboxylic acids is 2. The molecule has 0 aromatic heterocycles. The van der Waals surface area contributed by atoms with Crippen LogP contribution in [0.3, 0.4) is 0 Å². The molecule has 0 saturated heterocycles. The molecule has 0 fully saturated rings. The number of benzene rings is 4. The zero-order valence-corrected chi connectivity index (χ0v) is 25.2. The van der Waals surface area contributed by atoms with Gasteiger partial charge in [0, 0.05) is 24.5 Å². The summed E-state index contributed by atoms with van der Waals surface area (Å²) < 4.78 is 29.2. The van der Waals surface area contributed by atoms with Crippen molar-refractivity contribution in [3.05, 3.63) is 131 Å². The Morgan fingerprint density at radius 3 is 2.00 bits per heavy atom. The third-order valence-corrected chi connectivity index (χ3v) is 8.88. The number of carbonyl (C=O) groups is 2. The number of amides is 2. The van der Waals surface area contributed by atoms with E-state index < -0.39 is 28.5 Å². The molecule has 0 aliphatic carbocycles. The molecule has 0 aliphatic heterocycles. The van der Waals surface area contributed by atoms with Crippen molar-refractivity contribution in [3.8, 4) is 0 Å². The van der Waals surface area contributed by atoms with E-state index in [0.29, 0.717) is 17.1 Å². The molecule has 2 amide bonds. The number of aryl methyl sites for hydroxylation is 1. The van der Waals surface area contributed by atoms with Crippen LogP contribution in [0, 0.1) is 6.92 Å². The average molecular weight is 604 g/mol. The summed E-state index contributed by atoms with van der Waals surface area (Å²) in [6.45, 7) is 3.54. The molecule has 1 atom stereocenters. The molecular weight excluding hydrogens is 570 g/mol. The van der Waals surface area contributed by atoms with E-state index in [1.165, 1.54) is 23.1 Å². The number of nitrogens with zero attached hydrogens (tertiary/aromatic N) is 2. The lowest BCUT2D eigenvalue weighted by Gasteiger charge is -2.34. The minimum atomic E-state index is -4.18. The van der Waals surface area contributed by atoms with Crippen LogP contribution in [-0.4, -0.2) is 44.3 Å². The molecule has 42 heavy (non-hydrogen) atoms. The number of nitrogens with one attached hydrogen (secondary N) is 1. The maximum Gasteiger partial charge on any atom is 0.264 e. The second-order valence-corrected chi connectivity index (χ2v) is 12.2. The molecule has 218 valence electrons. The van der Waals surface area contributed by atoms with Gasteiger partial charge in [0.1, 0.15) is 12.6 Å². The predicted octanol–water partition coefficient (Wildman–Crippen LogP) is 5.62. The monoisotopic (exact) mass is 603 g/mol. The van der Waals surface area contributed by atoms with Crippen LogP contribution in [0.15, 0.2) is 114 Å². The van der Waals surface area contributed by atoms with Crippen LogP contribution in [0.25, 0.3) is 0 Å². The summed E-state index contributed by atoms with van der Waals surface area (Å²) in [5, 5.41) is 3.20. The Balaban J connectivity index is 1.81. The Morgan fingerprint density at radius 2 is 1.40 bits per heavy atom. The number of likely N-dealkylation sites (N-methyl/N-ethyl adjacent to an activating group) is 1. The van der Waals surface area contributed by atoms with Crippen LogP contribution in [-0.2, 0) is 32.6 Å². The average Bonchev–Trinajstić information content (AvgIpc) is 3.00. The quantitative estimate of drug-likeness (QED) is 0.228. The molecule has 0 bridgehead atoms. The lowest BCUT2D eigenvalue weighted by atomic mass is 10.0.